The maximum atomic E-state index is 12.5. The Labute approximate surface area is 161 Å². The van der Waals surface area contributed by atoms with Crippen molar-refractivity contribution < 1.29 is 14.5 Å². The fourth-order valence-corrected chi connectivity index (χ4v) is 2.71. The first-order valence-electron chi connectivity index (χ1n) is 8.36. The number of amides is 2. The summed E-state index contributed by atoms with van der Waals surface area (Å²) in [5.74, 6) is -1.05. The highest BCUT2D eigenvalue weighted by Gasteiger charge is 2.25. The molecule has 1 unspecified atom stereocenters. The predicted octanol–water partition coefficient (Wildman–Crippen LogP) is 3.32. The number of rotatable bonds is 7. The summed E-state index contributed by atoms with van der Waals surface area (Å²) in [5.41, 5.74) is 0.805. The van der Waals surface area contributed by atoms with Crippen LogP contribution in [0.1, 0.15) is 29.8 Å². The highest BCUT2D eigenvalue weighted by Crippen LogP contribution is 2.22. The smallest absolute Gasteiger partial charge is 0.270 e. The van der Waals surface area contributed by atoms with Crippen LogP contribution in [0.4, 0.5) is 5.69 Å². The molecule has 2 rings (SSSR count). The second kappa shape index (κ2) is 9.14. The van der Waals surface area contributed by atoms with Crippen LogP contribution in [0.15, 0.2) is 48.5 Å². The monoisotopic (exact) mass is 389 g/mol. The minimum Gasteiger partial charge on any atom is -0.350 e. The second-order valence-corrected chi connectivity index (χ2v) is 6.73. The molecule has 0 heterocycles. The van der Waals surface area contributed by atoms with Crippen molar-refractivity contribution in [3.63, 3.8) is 0 Å². The van der Waals surface area contributed by atoms with Gasteiger partial charge in [-0.25, -0.2) is 0 Å². The van der Waals surface area contributed by atoms with Crippen LogP contribution in [-0.4, -0.2) is 22.8 Å². The SMILES string of the molecule is CC(C)C(NC(=O)c1ccc([N+](=O)[O-])cc1Cl)C(=O)NCc1ccccc1. The normalized spacial score (nSPS) is 11.7. The Morgan fingerprint density at radius 2 is 1.81 bits per heavy atom. The van der Waals surface area contributed by atoms with E-state index >= 15 is 0 Å². The van der Waals surface area contributed by atoms with Gasteiger partial charge in [0.05, 0.1) is 15.5 Å². The van der Waals surface area contributed by atoms with Gasteiger partial charge in [-0.2, -0.15) is 0 Å². The Morgan fingerprint density at radius 3 is 2.37 bits per heavy atom. The summed E-state index contributed by atoms with van der Waals surface area (Å²) < 4.78 is 0. The maximum absolute atomic E-state index is 12.5. The molecular formula is C19H20ClN3O4. The Kier molecular flexibility index (Phi) is 6.90. The molecule has 1 atom stereocenters. The molecule has 2 aromatic carbocycles. The summed E-state index contributed by atoms with van der Waals surface area (Å²) >= 11 is 5.99. The lowest BCUT2D eigenvalue weighted by Crippen LogP contribution is -2.49. The van der Waals surface area contributed by atoms with E-state index in [9.17, 15) is 19.7 Å². The van der Waals surface area contributed by atoms with Crippen LogP contribution in [-0.2, 0) is 11.3 Å². The van der Waals surface area contributed by atoms with Crippen LogP contribution in [0.2, 0.25) is 5.02 Å². The molecular weight excluding hydrogens is 370 g/mol. The first kappa shape index (κ1) is 20.4. The zero-order chi connectivity index (χ0) is 20.0. The topological polar surface area (TPSA) is 101 Å². The van der Waals surface area contributed by atoms with Crippen LogP contribution in [0.25, 0.3) is 0 Å². The van der Waals surface area contributed by atoms with Crippen molar-refractivity contribution >= 4 is 29.1 Å². The molecule has 8 heteroatoms. The van der Waals surface area contributed by atoms with Gasteiger partial charge in [0.1, 0.15) is 6.04 Å². The van der Waals surface area contributed by atoms with Gasteiger partial charge >= 0.3 is 0 Å². The van der Waals surface area contributed by atoms with Gasteiger partial charge in [-0.15, -0.1) is 0 Å². The molecule has 142 valence electrons. The molecule has 0 bridgehead atoms. The van der Waals surface area contributed by atoms with Crippen molar-refractivity contribution in [1.29, 1.82) is 0 Å². The number of nitro groups is 1. The number of carbonyl (C=O) groups excluding carboxylic acids is 2. The lowest BCUT2D eigenvalue weighted by molar-refractivity contribution is -0.384. The van der Waals surface area contributed by atoms with Gasteiger partial charge in [0.25, 0.3) is 11.6 Å². The molecule has 0 fully saturated rings. The van der Waals surface area contributed by atoms with Gasteiger partial charge in [-0.3, -0.25) is 19.7 Å². The van der Waals surface area contributed by atoms with E-state index in [2.05, 4.69) is 10.6 Å². The second-order valence-electron chi connectivity index (χ2n) is 6.32. The summed E-state index contributed by atoms with van der Waals surface area (Å²) in [6.45, 7) is 3.96. The molecule has 0 aliphatic rings. The van der Waals surface area contributed by atoms with E-state index in [0.29, 0.717) is 6.54 Å². The number of hydrogen-bond donors (Lipinski definition) is 2. The van der Waals surface area contributed by atoms with E-state index in [-0.39, 0.29) is 28.1 Å². The largest absolute Gasteiger partial charge is 0.350 e. The van der Waals surface area contributed by atoms with Crippen molar-refractivity contribution in [3.05, 3.63) is 74.8 Å². The molecule has 0 aliphatic heterocycles. The third-order valence-electron chi connectivity index (χ3n) is 3.95. The number of halogens is 1. The number of nitrogens with one attached hydrogen (secondary N) is 2. The summed E-state index contributed by atoms with van der Waals surface area (Å²) in [6.07, 6.45) is 0. The van der Waals surface area contributed by atoms with Gasteiger partial charge in [-0.05, 0) is 17.5 Å². The molecule has 0 aliphatic carbocycles. The third-order valence-corrected chi connectivity index (χ3v) is 4.27. The zero-order valence-corrected chi connectivity index (χ0v) is 15.7. The average Bonchev–Trinajstić information content (AvgIpc) is 2.64. The molecule has 2 amide bonds. The van der Waals surface area contributed by atoms with Crippen LogP contribution < -0.4 is 10.6 Å². The van der Waals surface area contributed by atoms with Crippen molar-refractivity contribution in [2.75, 3.05) is 0 Å². The molecule has 2 aromatic rings. The van der Waals surface area contributed by atoms with E-state index in [4.69, 9.17) is 11.6 Å². The van der Waals surface area contributed by atoms with Crippen LogP contribution >= 0.6 is 11.6 Å². The Balaban J connectivity index is 2.07. The van der Waals surface area contributed by atoms with Gasteiger partial charge < -0.3 is 10.6 Å². The van der Waals surface area contributed by atoms with Crippen LogP contribution in [0, 0.1) is 16.0 Å². The van der Waals surface area contributed by atoms with Crippen molar-refractivity contribution in [2.24, 2.45) is 5.92 Å². The number of nitro benzene ring substituents is 1. The average molecular weight is 390 g/mol. The first-order chi connectivity index (χ1) is 12.8. The van der Waals surface area contributed by atoms with Crippen molar-refractivity contribution in [2.45, 2.75) is 26.4 Å². The van der Waals surface area contributed by atoms with Crippen molar-refractivity contribution in [3.8, 4) is 0 Å². The number of nitrogens with zero attached hydrogens (tertiary/aromatic N) is 1. The third kappa shape index (κ3) is 5.52. The fraction of sp³-hybridized carbons (Fsp3) is 0.263. The highest BCUT2D eigenvalue weighted by atomic mass is 35.5. The molecule has 0 saturated carbocycles. The molecule has 27 heavy (non-hydrogen) atoms. The summed E-state index contributed by atoms with van der Waals surface area (Å²) in [4.78, 5) is 35.2. The summed E-state index contributed by atoms with van der Waals surface area (Å²) in [7, 11) is 0. The lowest BCUT2D eigenvalue weighted by Gasteiger charge is -2.22. The standard InChI is InChI=1S/C19H20ClN3O4/c1-12(2)17(19(25)21-11-13-6-4-3-5-7-13)22-18(24)15-9-8-14(23(26)27)10-16(15)20/h3-10,12,17H,11H2,1-2H3,(H,21,25)(H,22,24). The zero-order valence-electron chi connectivity index (χ0n) is 14.9. The van der Waals surface area contributed by atoms with E-state index in [1.807, 2.05) is 44.2 Å². The van der Waals surface area contributed by atoms with E-state index in [0.717, 1.165) is 11.6 Å². The summed E-state index contributed by atoms with van der Waals surface area (Å²) in [5, 5.41) is 16.2. The fourth-order valence-electron chi connectivity index (χ4n) is 2.45. The minimum absolute atomic E-state index is 0.0473. The van der Waals surface area contributed by atoms with Gasteiger partial charge in [-0.1, -0.05) is 55.8 Å². The summed E-state index contributed by atoms with van der Waals surface area (Å²) in [6, 6.07) is 12.2. The van der Waals surface area contributed by atoms with Gasteiger partial charge in [0.2, 0.25) is 5.91 Å². The molecule has 0 radical (unpaired) electrons. The number of benzene rings is 2. The number of hydrogen-bond acceptors (Lipinski definition) is 4. The quantitative estimate of drug-likeness (QED) is 0.560. The molecule has 2 N–H and O–H groups in total. The Morgan fingerprint density at radius 1 is 1.15 bits per heavy atom. The maximum Gasteiger partial charge on any atom is 0.270 e. The first-order valence-corrected chi connectivity index (χ1v) is 8.74. The van der Waals surface area contributed by atoms with Crippen LogP contribution in [0.5, 0.6) is 0 Å². The van der Waals surface area contributed by atoms with Crippen LogP contribution in [0.3, 0.4) is 0 Å². The van der Waals surface area contributed by atoms with Crippen molar-refractivity contribution in [1.82, 2.24) is 10.6 Å². The number of carbonyl (C=O) groups is 2. The Bertz CT molecular complexity index is 840. The lowest BCUT2D eigenvalue weighted by atomic mass is 10.0. The molecule has 7 nitrogen and oxygen atoms in total. The number of non-ortho nitro benzene ring substituents is 1. The van der Waals surface area contributed by atoms with Gasteiger partial charge in [0, 0.05) is 18.7 Å². The van der Waals surface area contributed by atoms with E-state index in [1.165, 1.54) is 12.1 Å². The Hall–Kier alpha value is -2.93. The highest BCUT2D eigenvalue weighted by molar-refractivity contribution is 6.34. The molecule has 0 spiro atoms. The van der Waals surface area contributed by atoms with Gasteiger partial charge in [0.15, 0.2) is 0 Å². The van der Waals surface area contributed by atoms with E-state index in [1.54, 1.807) is 0 Å². The minimum atomic E-state index is -0.771. The molecule has 0 aromatic heterocycles. The predicted molar refractivity (Wildman–Crippen MR) is 102 cm³/mol. The molecule has 0 saturated heterocycles. The van der Waals surface area contributed by atoms with E-state index < -0.39 is 16.9 Å².